The molecule has 4 aromatic rings. The summed E-state index contributed by atoms with van der Waals surface area (Å²) in [4.78, 5) is 13.5. The third kappa shape index (κ3) is 4.34. The van der Waals surface area contributed by atoms with Crippen LogP contribution < -0.4 is 10.1 Å². The molecule has 6 rings (SSSR count). The minimum absolute atomic E-state index is 0.119. The first-order valence-electron chi connectivity index (χ1n) is 12.0. The number of para-hydroxylation sites is 1. The van der Waals surface area contributed by atoms with Gasteiger partial charge in [-0.25, -0.2) is 9.80 Å². The maximum Gasteiger partial charge on any atom is 0.342 e. The van der Waals surface area contributed by atoms with Gasteiger partial charge in [-0.15, -0.1) is 0 Å². The van der Waals surface area contributed by atoms with Gasteiger partial charge in [0.2, 0.25) is 0 Å². The minimum Gasteiger partial charge on any atom is -0.457 e. The minimum atomic E-state index is -0.272. The van der Waals surface area contributed by atoms with Crippen LogP contribution in [0.1, 0.15) is 29.2 Å². The summed E-state index contributed by atoms with van der Waals surface area (Å²) in [5.41, 5.74) is 5.07. The fourth-order valence-corrected chi connectivity index (χ4v) is 5.16. The van der Waals surface area contributed by atoms with Gasteiger partial charge in [0.25, 0.3) is 0 Å². The molecule has 4 aromatic carbocycles. The summed E-state index contributed by atoms with van der Waals surface area (Å²) in [5.74, 6) is 1.58. The molecule has 1 N–H and O–H groups in total. The second-order valence-corrected chi connectivity index (χ2v) is 9.43. The monoisotopic (exact) mass is 493 g/mol. The summed E-state index contributed by atoms with van der Waals surface area (Å²) in [5, 5.41) is 10.2. The summed E-state index contributed by atoms with van der Waals surface area (Å²) in [7, 11) is 0. The highest BCUT2D eigenvalue weighted by molar-refractivity contribution is 6.30. The summed E-state index contributed by atoms with van der Waals surface area (Å²) < 4.78 is 5.86. The summed E-state index contributed by atoms with van der Waals surface area (Å²) in [6.07, 6.45) is 1.89. The SMILES string of the molecule is O=C(Nc1ccc(Oc2ccccc2)cc1)N1N=C2c3ccccc3CCC2C1c1ccc(Cl)cc1. The Labute approximate surface area is 215 Å². The normalized spacial score (nSPS) is 18.1. The first-order valence-corrected chi connectivity index (χ1v) is 12.4. The number of rotatable bonds is 4. The van der Waals surface area contributed by atoms with Gasteiger partial charge in [-0.1, -0.05) is 66.2 Å². The van der Waals surface area contributed by atoms with E-state index in [1.807, 2.05) is 84.9 Å². The number of aryl methyl sites for hydroxylation is 1. The zero-order chi connectivity index (χ0) is 24.5. The highest BCUT2D eigenvalue weighted by atomic mass is 35.5. The first kappa shape index (κ1) is 22.4. The van der Waals surface area contributed by atoms with Crippen LogP contribution >= 0.6 is 11.6 Å². The molecule has 0 bridgehead atoms. The third-order valence-electron chi connectivity index (χ3n) is 6.73. The van der Waals surface area contributed by atoms with Crippen LogP contribution in [-0.2, 0) is 6.42 Å². The number of hydrogen-bond acceptors (Lipinski definition) is 3. The molecule has 178 valence electrons. The van der Waals surface area contributed by atoms with Crippen molar-refractivity contribution in [3.8, 4) is 11.5 Å². The summed E-state index contributed by atoms with van der Waals surface area (Å²) in [6, 6.07) is 32.5. The van der Waals surface area contributed by atoms with Crippen molar-refractivity contribution in [1.29, 1.82) is 0 Å². The fraction of sp³-hybridized carbons (Fsp3) is 0.133. The van der Waals surface area contributed by atoms with E-state index < -0.39 is 0 Å². The lowest BCUT2D eigenvalue weighted by Crippen LogP contribution is -2.34. The lowest BCUT2D eigenvalue weighted by Gasteiger charge is -2.29. The smallest absolute Gasteiger partial charge is 0.342 e. The van der Waals surface area contributed by atoms with Crippen molar-refractivity contribution < 1.29 is 9.53 Å². The zero-order valence-corrected chi connectivity index (χ0v) is 20.2. The standard InChI is InChI=1S/C30H24ClN3O2/c31-22-13-10-21(11-14-22)29-27-19-12-20-6-4-5-9-26(20)28(27)33-34(29)30(35)32-23-15-17-25(18-16-23)36-24-7-2-1-3-8-24/h1-11,13-18,27,29H,12,19H2,(H,32,35). The van der Waals surface area contributed by atoms with Crippen LogP contribution in [0.2, 0.25) is 5.02 Å². The second-order valence-electron chi connectivity index (χ2n) is 9.00. The fourth-order valence-electron chi connectivity index (χ4n) is 5.04. The molecule has 0 spiro atoms. The Kier molecular flexibility index (Phi) is 5.91. The number of nitrogens with one attached hydrogen (secondary N) is 1. The Morgan fingerprint density at radius 2 is 1.56 bits per heavy atom. The van der Waals surface area contributed by atoms with Gasteiger partial charge in [-0.2, -0.15) is 5.10 Å². The lowest BCUT2D eigenvalue weighted by molar-refractivity contribution is 0.188. The number of hydrazone groups is 1. The van der Waals surface area contributed by atoms with Crippen LogP contribution in [0.3, 0.4) is 0 Å². The molecule has 0 saturated carbocycles. The molecule has 1 aliphatic carbocycles. The number of urea groups is 1. The van der Waals surface area contributed by atoms with Crippen molar-refractivity contribution >= 4 is 29.0 Å². The molecule has 0 fully saturated rings. The topological polar surface area (TPSA) is 53.9 Å². The van der Waals surface area contributed by atoms with E-state index in [4.69, 9.17) is 21.4 Å². The van der Waals surface area contributed by atoms with E-state index >= 15 is 0 Å². The van der Waals surface area contributed by atoms with Crippen molar-refractivity contribution in [2.24, 2.45) is 11.0 Å². The van der Waals surface area contributed by atoms with Crippen LogP contribution in [0.5, 0.6) is 11.5 Å². The molecule has 5 nitrogen and oxygen atoms in total. The number of amides is 2. The van der Waals surface area contributed by atoms with E-state index in [9.17, 15) is 4.79 Å². The van der Waals surface area contributed by atoms with E-state index in [0.717, 1.165) is 35.4 Å². The van der Waals surface area contributed by atoms with Crippen LogP contribution in [0.15, 0.2) is 108 Å². The number of hydrogen-bond donors (Lipinski definition) is 1. The molecule has 2 unspecified atom stereocenters. The number of carbonyl (C=O) groups excluding carboxylic acids is 1. The summed E-state index contributed by atoms with van der Waals surface area (Å²) >= 11 is 6.16. The number of anilines is 1. The highest BCUT2D eigenvalue weighted by Gasteiger charge is 2.43. The van der Waals surface area contributed by atoms with E-state index in [2.05, 4.69) is 23.5 Å². The van der Waals surface area contributed by atoms with E-state index in [1.54, 1.807) is 5.01 Å². The van der Waals surface area contributed by atoms with Crippen LogP contribution in [0.25, 0.3) is 0 Å². The molecule has 0 saturated heterocycles. The summed E-state index contributed by atoms with van der Waals surface area (Å²) in [6.45, 7) is 0. The average Bonchev–Trinajstić information content (AvgIpc) is 3.31. The maximum absolute atomic E-state index is 13.5. The van der Waals surface area contributed by atoms with Gasteiger partial charge in [0.15, 0.2) is 0 Å². The third-order valence-corrected chi connectivity index (χ3v) is 6.99. The van der Waals surface area contributed by atoms with Crippen molar-refractivity contribution in [2.45, 2.75) is 18.9 Å². The van der Waals surface area contributed by atoms with Gasteiger partial charge in [0, 0.05) is 22.2 Å². The number of halogens is 1. The van der Waals surface area contributed by atoms with Gasteiger partial charge in [0.05, 0.1) is 11.8 Å². The Balaban J connectivity index is 1.27. The molecule has 0 radical (unpaired) electrons. The van der Waals surface area contributed by atoms with Crippen molar-refractivity contribution in [1.82, 2.24) is 5.01 Å². The second kappa shape index (κ2) is 9.51. The Hall–Kier alpha value is -4.09. The van der Waals surface area contributed by atoms with Gasteiger partial charge >= 0.3 is 6.03 Å². The number of benzene rings is 4. The molecular weight excluding hydrogens is 470 g/mol. The number of nitrogens with zero attached hydrogens (tertiary/aromatic N) is 2. The van der Waals surface area contributed by atoms with Crippen LogP contribution in [-0.4, -0.2) is 16.8 Å². The van der Waals surface area contributed by atoms with E-state index in [-0.39, 0.29) is 18.0 Å². The Morgan fingerprint density at radius 1 is 0.861 bits per heavy atom. The molecule has 1 aliphatic heterocycles. The number of carbonyl (C=O) groups is 1. The highest BCUT2D eigenvalue weighted by Crippen LogP contribution is 2.43. The number of fused-ring (bicyclic) bond motifs is 3. The Morgan fingerprint density at radius 3 is 2.33 bits per heavy atom. The maximum atomic E-state index is 13.5. The molecule has 6 heteroatoms. The van der Waals surface area contributed by atoms with Gasteiger partial charge in [0.1, 0.15) is 11.5 Å². The van der Waals surface area contributed by atoms with Gasteiger partial charge < -0.3 is 10.1 Å². The zero-order valence-electron chi connectivity index (χ0n) is 19.5. The van der Waals surface area contributed by atoms with Gasteiger partial charge in [-0.3, -0.25) is 0 Å². The van der Waals surface area contributed by atoms with Gasteiger partial charge in [-0.05, 0) is 72.5 Å². The van der Waals surface area contributed by atoms with Crippen LogP contribution in [0.4, 0.5) is 10.5 Å². The Bertz CT molecular complexity index is 1420. The number of ether oxygens (including phenoxy) is 1. The van der Waals surface area contributed by atoms with Crippen LogP contribution in [0, 0.1) is 5.92 Å². The van der Waals surface area contributed by atoms with Crippen molar-refractivity contribution in [2.75, 3.05) is 5.32 Å². The molecule has 1 heterocycles. The lowest BCUT2D eigenvalue weighted by atomic mass is 9.77. The largest absolute Gasteiger partial charge is 0.457 e. The van der Waals surface area contributed by atoms with Crippen molar-refractivity contribution in [3.05, 3.63) is 125 Å². The van der Waals surface area contributed by atoms with E-state index in [1.165, 1.54) is 5.56 Å². The quantitative estimate of drug-likeness (QED) is 0.317. The molecular formula is C30H24ClN3O2. The molecule has 2 atom stereocenters. The molecule has 36 heavy (non-hydrogen) atoms. The first-order chi connectivity index (χ1) is 17.7. The predicted molar refractivity (Wildman–Crippen MR) is 143 cm³/mol. The molecule has 2 amide bonds. The predicted octanol–water partition coefficient (Wildman–Crippen LogP) is 7.69. The van der Waals surface area contributed by atoms with E-state index in [0.29, 0.717) is 16.5 Å². The average molecular weight is 494 g/mol. The van der Waals surface area contributed by atoms with Crippen molar-refractivity contribution in [3.63, 3.8) is 0 Å². The molecule has 0 aromatic heterocycles. The molecule has 2 aliphatic rings.